The van der Waals surface area contributed by atoms with Crippen molar-refractivity contribution >= 4 is 17.8 Å². The van der Waals surface area contributed by atoms with Gasteiger partial charge in [0.15, 0.2) is 5.82 Å². The Kier molecular flexibility index (Phi) is 3.98. The van der Waals surface area contributed by atoms with E-state index in [1.54, 1.807) is 4.90 Å². The number of aromatic nitrogens is 3. The van der Waals surface area contributed by atoms with Gasteiger partial charge in [0.2, 0.25) is 0 Å². The number of ether oxygens (including phenoxy) is 1. The van der Waals surface area contributed by atoms with E-state index in [1.807, 2.05) is 31.2 Å². The van der Waals surface area contributed by atoms with Crippen LogP contribution in [0.5, 0.6) is 0 Å². The molecular formula is C17H20N6O3. The number of benzene rings is 1. The fourth-order valence-electron chi connectivity index (χ4n) is 3.28. The van der Waals surface area contributed by atoms with Crippen molar-refractivity contribution in [2.45, 2.75) is 25.4 Å². The molecule has 2 fully saturated rings. The summed E-state index contributed by atoms with van der Waals surface area (Å²) in [5, 5.41) is 12.5. The number of anilines is 1. The lowest BCUT2D eigenvalue weighted by atomic mass is 9.92. The van der Waals surface area contributed by atoms with Crippen LogP contribution in [0, 0.1) is 6.92 Å². The van der Waals surface area contributed by atoms with Gasteiger partial charge in [0, 0.05) is 37.2 Å². The van der Waals surface area contributed by atoms with Gasteiger partial charge in [-0.1, -0.05) is 0 Å². The Morgan fingerprint density at radius 1 is 1.27 bits per heavy atom. The number of aryl methyl sites for hydroxylation is 1. The van der Waals surface area contributed by atoms with Gasteiger partial charge in [0.05, 0.1) is 6.54 Å². The Morgan fingerprint density at radius 3 is 2.58 bits per heavy atom. The highest BCUT2D eigenvalue weighted by Crippen LogP contribution is 2.29. The van der Waals surface area contributed by atoms with E-state index >= 15 is 0 Å². The highest BCUT2D eigenvalue weighted by molar-refractivity contribution is 5.89. The number of likely N-dealkylation sites (tertiary alicyclic amines) is 1. The molecule has 3 N–H and O–H groups in total. The summed E-state index contributed by atoms with van der Waals surface area (Å²) in [6.45, 7) is 3.46. The van der Waals surface area contributed by atoms with Crippen molar-refractivity contribution < 1.29 is 14.3 Å². The first kappa shape index (κ1) is 16.4. The van der Waals surface area contributed by atoms with Crippen LogP contribution in [-0.4, -0.2) is 57.4 Å². The molecule has 1 spiro atoms. The summed E-state index contributed by atoms with van der Waals surface area (Å²) in [5.74, 6) is 1.38. The van der Waals surface area contributed by atoms with Crippen LogP contribution in [0.25, 0.3) is 11.4 Å². The largest absolute Gasteiger partial charge is 0.441 e. The molecule has 0 aliphatic carbocycles. The van der Waals surface area contributed by atoms with Crippen LogP contribution in [0.4, 0.5) is 15.3 Å². The summed E-state index contributed by atoms with van der Waals surface area (Å²) >= 11 is 0. The number of piperidine rings is 1. The van der Waals surface area contributed by atoms with E-state index in [4.69, 9.17) is 4.74 Å². The van der Waals surface area contributed by atoms with Crippen LogP contribution in [0.15, 0.2) is 24.3 Å². The molecule has 2 aliphatic rings. The number of H-pyrrole nitrogens is 1. The number of amides is 3. The van der Waals surface area contributed by atoms with E-state index in [0.29, 0.717) is 44.0 Å². The molecule has 0 bridgehead atoms. The molecule has 2 aliphatic heterocycles. The molecule has 0 atom stereocenters. The smallest absolute Gasteiger partial charge is 0.407 e. The molecule has 136 valence electrons. The number of nitrogens with one attached hydrogen (secondary N) is 3. The second kappa shape index (κ2) is 6.32. The minimum Gasteiger partial charge on any atom is -0.441 e. The molecule has 0 saturated carbocycles. The number of nitrogens with zero attached hydrogens (tertiary/aromatic N) is 3. The SMILES string of the molecule is Cc1nc(-c2ccc(NC(=O)N3CCC4(CC3)CNC(=O)O4)cc2)n[nH]1. The molecule has 2 saturated heterocycles. The Morgan fingerprint density at radius 2 is 2.00 bits per heavy atom. The number of carbonyl (C=O) groups excluding carboxylic acids is 2. The number of rotatable bonds is 2. The molecule has 2 aromatic rings. The van der Waals surface area contributed by atoms with Gasteiger partial charge in [0.25, 0.3) is 0 Å². The molecular weight excluding hydrogens is 336 g/mol. The van der Waals surface area contributed by atoms with Gasteiger partial charge in [-0.15, -0.1) is 0 Å². The number of hydrogen-bond acceptors (Lipinski definition) is 5. The maximum atomic E-state index is 12.5. The zero-order valence-electron chi connectivity index (χ0n) is 14.4. The summed E-state index contributed by atoms with van der Waals surface area (Å²) in [7, 11) is 0. The number of carbonyl (C=O) groups is 2. The van der Waals surface area contributed by atoms with Gasteiger partial charge in [-0.05, 0) is 31.2 Å². The number of alkyl carbamates (subject to hydrolysis) is 1. The fourth-order valence-corrected chi connectivity index (χ4v) is 3.28. The van der Waals surface area contributed by atoms with E-state index in [-0.39, 0.29) is 12.1 Å². The number of urea groups is 1. The van der Waals surface area contributed by atoms with Crippen molar-refractivity contribution in [3.8, 4) is 11.4 Å². The minimum atomic E-state index is -0.454. The Labute approximate surface area is 150 Å². The maximum Gasteiger partial charge on any atom is 0.407 e. The third kappa shape index (κ3) is 3.19. The molecule has 0 unspecified atom stereocenters. The van der Waals surface area contributed by atoms with Crippen molar-refractivity contribution in [1.82, 2.24) is 25.4 Å². The Bertz CT molecular complexity index is 823. The topological polar surface area (TPSA) is 112 Å². The zero-order valence-corrected chi connectivity index (χ0v) is 14.4. The lowest BCUT2D eigenvalue weighted by Gasteiger charge is -2.37. The van der Waals surface area contributed by atoms with Crippen LogP contribution < -0.4 is 10.6 Å². The zero-order chi connectivity index (χ0) is 18.1. The predicted molar refractivity (Wildman–Crippen MR) is 93.6 cm³/mol. The predicted octanol–water partition coefficient (Wildman–Crippen LogP) is 1.89. The van der Waals surface area contributed by atoms with Gasteiger partial charge in [-0.2, -0.15) is 5.10 Å². The second-order valence-corrected chi connectivity index (χ2v) is 6.67. The minimum absolute atomic E-state index is 0.154. The fraction of sp³-hybridized carbons (Fsp3) is 0.412. The van der Waals surface area contributed by atoms with Crippen LogP contribution in [0.3, 0.4) is 0 Å². The van der Waals surface area contributed by atoms with Crippen molar-refractivity contribution in [3.05, 3.63) is 30.1 Å². The van der Waals surface area contributed by atoms with Crippen LogP contribution in [-0.2, 0) is 4.74 Å². The molecule has 9 heteroatoms. The highest BCUT2D eigenvalue weighted by atomic mass is 16.6. The molecule has 1 aromatic carbocycles. The summed E-state index contributed by atoms with van der Waals surface area (Å²) in [6.07, 6.45) is 0.912. The van der Waals surface area contributed by atoms with E-state index < -0.39 is 5.60 Å². The van der Waals surface area contributed by atoms with Crippen LogP contribution >= 0.6 is 0 Å². The molecule has 3 heterocycles. The lowest BCUT2D eigenvalue weighted by Crippen LogP contribution is -2.49. The average molecular weight is 356 g/mol. The maximum absolute atomic E-state index is 12.5. The monoisotopic (exact) mass is 356 g/mol. The first-order valence-corrected chi connectivity index (χ1v) is 8.55. The van der Waals surface area contributed by atoms with Gasteiger partial charge in [0.1, 0.15) is 11.4 Å². The molecule has 1 aromatic heterocycles. The van der Waals surface area contributed by atoms with Crippen LogP contribution in [0.2, 0.25) is 0 Å². The quantitative estimate of drug-likeness (QED) is 0.761. The molecule has 0 radical (unpaired) electrons. The summed E-state index contributed by atoms with van der Waals surface area (Å²) in [5.41, 5.74) is 1.13. The molecule has 3 amide bonds. The lowest BCUT2D eigenvalue weighted by molar-refractivity contribution is 0.0110. The molecule has 9 nitrogen and oxygen atoms in total. The van der Waals surface area contributed by atoms with E-state index in [9.17, 15) is 9.59 Å². The van der Waals surface area contributed by atoms with Crippen molar-refractivity contribution in [3.63, 3.8) is 0 Å². The van der Waals surface area contributed by atoms with E-state index in [0.717, 1.165) is 11.4 Å². The van der Waals surface area contributed by atoms with Gasteiger partial charge in [-0.25, -0.2) is 14.6 Å². The van der Waals surface area contributed by atoms with Gasteiger partial charge >= 0.3 is 12.1 Å². The first-order valence-electron chi connectivity index (χ1n) is 8.55. The van der Waals surface area contributed by atoms with Crippen molar-refractivity contribution in [2.24, 2.45) is 0 Å². The van der Waals surface area contributed by atoms with Gasteiger partial charge < -0.3 is 20.3 Å². The Hall–Kier alpha value is -3.10. The number of aromatic amines is 1. The summed E-state index contributed by atoms with van der Waals surface area (Å²) in [6, 6.07) is 7.24. The van der Waals surface area contributed by atoms with E-state index in [1.165, 1.54) is 0 Å². The van der Waals surface area contributed by atoms with Gasteiger partial charge in [-0.3, -0.25) is 5.10 Å². The summed E-state index contributed by atoms with van der Waals surface area (Å²) < 4.78 is 5.37. The molecule has 4 rings (SSSR count). The number of hydrogen-bond donors (Lipinski definition) is 3. The standard InChI is InChI=1S/C17H20N6O3/c1-11-19-14(22-21-11)12-2-4-13(5-3-12)20-15(24)23-8-6-17(7-9-23)10-18-16(25)26-17/h2-5H,6-10H2,1H3,(H,18,25)(H,20,24)(H,19,21,22). The van der Waals surface area contributed by atoms with Crippen LogP contribution in [0.1, 0.15) is 18.7 Å². The first-order chi connectivity index (χ1) is 12.5. The van der Waals surface area contributed by atoms with E-state index in [2.05, 4.69) is 25.8 Å². The molecule has 26 heavy (non-hydrogen) atoms. The Balaban J connectivity index is 1.34. The average Bonchev–Trinajstić information content (AvgIpc) is 3.22. The normalized spacial score (nSPS) is 18.5. The highest BCUT2D eigenvalue weighted by Gasteiger charge is 2.43. The third-order valence-electron chi connectivity index (χ3n) is 4.82. The van der Waals surface area contributed by atoms with Crippen molar-refractivity contribution in [1.29, 1.82) is 0 Å². The second-order valence-electron chi connectivity index (χ2n) is 6.67. The third-order valence-corrected chi connectivity index (χ3v) is 4.82. The summed E-state index contributed by atoms with van der Waals surface area (Å²) in [4.78, 5) is 29.7. The van der Waals surface area contributed by atoms with Crippen molar-refractivity contribution in [2.75, 3.05) is 25.0 Å².